The van der Waals surface area contributed by atoms with Crippen molar-refractivity contribution in [2.75, 3.05) is 0 Å². The predicted octanol–water partition coefficient (Wildman–Crippen LogP) is 3.60. The van der Waals surface area contributed by atoms with Gasteiger partial charge in [0.1, 0.15) is 5.82 Å². The first kappa shape index (κ1) is 13.6. The third-order valence-electron chi connectivity index (χ3n) is 4.48. The maximum atomic E-state index is 9.49. The smallest absolute Gasteiger partial charge is 0.124 e. The van der Waals surface area contributed by atoms with Gasteiger partial charge in [-0.25, -0.2) is 4.98 Å². The summed E-state index contributed by atoms with van der Waals surface area (Å²) in [6.07, 6.45) is 3.31. The monoisotopic (exact) mass is 278 g/mol. The Morgan fingerprint density at radius 2 is 2.10 bits per heavy atom. The van der Waals surface area contributed by atoms with E-state index in [2.05, 4.69) is 28.6 Å². The van der Waals surface area contributed by atoms with Gasteiger partial charge in [-0.05, 0) is 37.3 Å². The van der Waals surface area contributed by atoms with Gasteiger partial charge in [-0.3, -0.25) is 0 Å². The molecule has 1 aromatic heterocycles. The molecule has 1 saturated carbocycles. The van der Waals surface area contributed by atoms with Gasteiger partial charge in [0.2, 0.25) is 0 Å². The van der Waals surface area contributed by atoms with E-state index >= 15 is 0 Å². The summed E-state index contributed by atoms with van der Waals surface area (Å²) < 4.78 is 2.15. The molecule has 0 aliphatic heterocycles. The quantitative estimate of drug-likeness (QED) is 0.843. The second-order valence-corrected chi connectivity index (χ2v) is 5.94. The van der Waals surface area contributed by atoms with Crippen molar-refractivity contribution < 1.29 is 0 Å². The number of imidazole rings is 1. The summed E-state index contributed by atoms with van der Waals surface area (Å²) in [5, 5.41) is 18.6. The van der Waals surface area contributed by atoms with Gasteiger partial charge in [0.05, 0.1) is 41.6 Å². The van der Waals surface area contributed by atoms with Crippen LogP contribution in [0.25, 0.3) is 11.0 Å². The number of rotatable bonds is 2. The van der Waals surface area contributed by atoms with Crippen LogP contribution < -0.4 is 0 Å². The molecule has 4 nitrogen and oxygen atoms in total. The van der Waals surface area contributed by atoms with Crippen LogP contribution in [-0.4, -0.2) is 9.55 Å². The number of hydrogen-bond donors (Lipinski definition) is 0. The third kappa shape index (κ3) is 2.38. The van der Waals surface area contributed by atoms with E-state index in [9.17, 15) is 5.26 Å². The zero-order valence-electron chi connectivity index (χ0n) is 12.2. The van der Waals surface area contributed by atoms with E-state index in [0.29, 0.717) is 5.92 Å². The normalized spacial score (nSPS) is 25.4. The Balaban J connectivity index is 2.15. The van der Waals surface area contributed by atoms with Crippen molar-refractivity contribution in [3.8, 4) is 12.1 Å². The van der Waals surface area contributed by atoms with Crippen molar-refractivity contribution >= 4 is 11.0 Å². The molecule has 1 heterocycles. The average Bonchev–Trinajstić information content (AvgIpc) is 2.85. The van der Waals surface area contributed by atoms with Crippen LogP contribution in [0.3, 0.4) is 0 Å². The van der Waals surface area contributed by atoms with Crippen LogP contribution in [0.15, 0.2) is 24.3 Å². The predicted molar refractivity (Wildman–Crippen MR) is 80.2 cm³/mol. The molecule has 1 aliphatic rings. The topological polar surface area (TPSA) is 65.4 Å². The number of hydrogen-bond acceptors (Lipinski definition) is 3. The van der Waals surface area contributed by atoms with Crippen LogP contribution in [0.4, 0.5) is 0 Å². The maximum Gasteiger partial charge on any atom is 0.124 e. The van der Waals surface area contributed by atoms with E-state index in [1.54, 1.807) is 0 Å². The van der Waals surface area contributed by atoms with Crippen molar-refractivity contribution in [2.24, 2.45) is 11.8 Å². The summed E-state index contributed by atoms with van der Waals surface area (Å²) in [5.41, 5.74) is 1.96. The first-order valence-corrected chi connectivity index (χ1v) is 7.47. The fourth-order valence-electron chi connectivity index (χ4n) is 3.45. The highest BCUT2D eigenvalue weighted by Crippen LogP contribution is 2.39. The molecule has 106 valence electrons. The lowest BCUT2D eigenvalue weighted by molar-refractivity contribution is 0.233. The molecular formula is C17H18N4. The Hall–Kier alpha value is -2.33. The summed E-state index contributed by atoms with van der Waals surface area (Å²) in [6.45, 7) is 2.24. The molecule has 3 atom stereocenters. The zero-order valence-corrected chi connectivity index (χ0v) is 12.2. The molecule has 2 aromatic rings. The largest absolute Gasteiger partial charge is 0.323 e. The third-order valence-corrected chi connectivity index (χ3v) is 4.48. The van der Waals surface area contributed by atoms with Crippen LogP contribution in [0, 0.1) is 34.5 Å². The van der Waals surface area contributed by atoms with Crippen molar-refractivity contribution in [2.45, 2.75) is 38.6 Å². The van der Waals surface area contributed by atoms with Gasteiger partial charge in [0.25, 0.3) is 0 Å². The van der Waals surface area contributed by atoms with Crippen LogP contribution in [-0.2, 0) is 6.42 Å². The van der Waals surface area contributed by atoms with Crippen molar-refractivity contribution in [3.63, 3.8) is 0 Å². The van der Waals surface area contributed by atoms with Gasteiger partial charge in [0.15, 0.2) is 0 Å². The van der Waals surface area contributed by atoms with Gasteiger partial charge in [-0.2, -0.15) is 10.5 Å². The highest BCUT2D eigenvalue weighted by Gasteiger charge is 2.32. The molecule has 4 heteroatoms. The van der Waals surface area contributed by atoms with Crippen LogP contribution >= 0.6 is 0 Å². The van der Waals surface area contributed by atoms with Crippen molar-refractivity contribution in [3.05, 3.63) is 30.1 Å². The number of benzene rings is 1. The minimum Gasteiger partial charge on any atom is -0.323 e. The summed E-state index contributed by atoms with van der Waals surface area (Å²) in [5.74, 6) is 1.41. The van der Waals surface area contributed by atoms with Crippen molar-refractivity contribution in [1.82, 2.24) is 9.55 Å². The Kier molecular flexibility index (Phi) is 3.62. The molecule has 0 radical (unpaired) electrons. The molecule has 3 unspecified atom stereocenters. The van der Waals surface area contributed by atoms with Gasteiger partial charge < -0.3 is 4.57 Å². The van der Waals surface area contributed by atoms with E-state index in [1.807, 2.05) is 24.3 Å². The van der Waals surface area contributed by atoms with Crippen LogP contribution in [0.5, 0.6) is 0 Å². The van der Waals surface area contributed by atoms with Gasteiger partial charge >= 0.3 is 0 Å². The summed E-state index contributed by atoms with van der Waals surface area (Å²) >= 11 is 0. The summed E-state index contributed by atoms with van der Waals surface area (Å²) in [4.78, 5) is 4.60. The Bertz CT molecular complexity index is 731. The molecule has 3 rings (SSSR count). The molecule has 0 saturated heterocycles. The maximum absolute atomic E-state index is 9.49. The summed E-state index contributed by atoms with van der Waals surface area (Å²) in [7, 11) is 0. The first-order valence-electron chi connectivity index (χ1n) is 7.47. The Morgan fingerprint density at radius 1 is 1.29 bits per heavy atom. The first-order chi connectivity index (χ1) is 10.2. The number of para-hydroxylation sites is 2. The molecule has 1 fully saturated rings. The lowest BCUT2D eigenvalue weighted by atomic mass is 9.79. The minimum absolute atomic E-state index is 0.0104. The Labute approximate surface area is 124 Å². The number of aromatic nitrogens is 2. The van der Waals surface area contributed by atoms with E-state index in [0.717, 1.165) is 36.1 Å². The number of nitrogens with zero attached hydrogens (tertiary/aromatic N) is 4. The molecule has 0 N–H and O–H groups in total. The fraction of sp³-hybridized carbons (Fsp3) is 0.471. The van der Waals surface area contributed by atoms with Crippen LogP contribution in [0.2, 0.25) is 0 Å². The number of nitriles is 2. The molecule has 0 amide bonds. The zero-order chi connectivity index (χ0) is 14.8. The van der Waals surface area contributed by atoms with Crippen molar-refractivity contribution in [1.29, 1.82) is 10.5 Å². The van der Waals surface area contributed by atoms with E-state index in [4.69, 9.17) is 5.26 Å². The van der Waals surface area contributed by atoms with Gasteiger partial charge in [-0.1, -0.05) is 19.1 Å². The van der Waals surface area contributed by atoms with E-state index in [1.165, 1.54) is 0 Å². The Morgan fingerprint density at radius 3 is 2.86 bits per heavy atom. The molecule has 0 spiro atoms. The molecule has 0 bridgehead atoms. The number of fused-ring (bicyclic) bond motifs is 1. The minimum atomic E-state index is 0.0104. The van der Waals surface area contributed by atoms with E-state index in [-0.39, 0.29) is 18.4 Å². The summed E-state index contributed by atoms with van der Waals surface area (Å²) in [6, 6.07) is 12.8. The van der Waals surface area contributed by atoms with Crippen LogP contribution in [0.1, 0.15) is 38.1 Å². The standard InChI is InChI=1S/C17H18N4/c1-12-6-7-13(11-19)16(10-12)21-15-5-3-2-4-14(15)20-17(21)8-9-18/h2-5,12-13,16H,6-8,10H2,1H3. The van der Waals surface area contributed by atoms with Gasteiger partial charge in [-0.15, -0.1) is 0 Å². The highest BCUT2D eigenvalue weighted by atomic mass is 15.1. The molecular weight excluding hydrogens is 260 g/mol. The van der Waals surface area contributed by atoms with E-state index < -0.39 is 0 Å². The highest BCUT2D eigenvalue weighted by molar-refractivity contribution is 5.76. The molecule has 1 aliphatic carbocycles. The average molecular weight is 278 g/mol. The van der Waals surface area contributed by atoms with Gasteiger partial charge in [0, 0.05) is 0 Å². The second kappa shape index (κ2) is 5.58. The molecule has 21 heavy (non-hydrogen) atoms. The lowest BCUT2D eigenvalue weighted by Crippen LogP contribution is -2.27. The second-order valence-electron chi connectivity index (χ2n) is 5.94. The lowest BCUT2D eigenvalue weighted by Gasteiger charge is -2.33. The SMILES string of the molecule is CC1CCC(C#N)C(n2c(CC#N)nc3ccccc32)C1. The molecule has 1 aromatic carbocycles. The fourth-order valence-corrected chi connectivity index (χ4v) is 3.45.